The molecule has 254 valence electrons. The van der Waals surface area contributed by atoms with Gasteiger partial charge in [-0.3, -0.25) is 9.69 Å². The van der Waals surface area contributed by atoms with E-state index < -0.39 is 46.7 Å². The van der Waals surface area contributed by atoms with Crippen LogP contribution in [0, 0.1) is 34.5 Å². The highest BCUT2D eigenvalue weighted by atomic mass is 16.6. The first-order valence-corrected chi connectivity index (χ1v) is 16.6. The third-order valence-electron chi connectivity index (χ3n) is 13.3. The molecule has 0 aromatic heterocycles. The van der Waals surface area contributed by atoms with E-state index in [0.29, 0.717) is 24.3 Å². The molecule has 1 aliphatic heterocycles. The molecular weight excluding hydrogens is 594 g/mol. The fourth-order valence-electron chi connectivity index (χ4n) is 12.4. The van der Waals surface area contributed by atoms with Gasteiger partial charge in [0.25, 0.3) is 0 Å². The molecule has 5 saturated carbocycles. The molecule has 1 unspecified atom stereocenters. The molecule has 7 bridgehead atoms. The quantitative estimate of drug-likeness (QED) is 0.379. The first kappa shape index (κ1) is 32.3. The SMILES string of the molecule is CCN1C[C@]2(COC)CC[C@H](OC)[C@@]34[C@@H]5C[C@]6(O)[C@@H](OC)C[C@](OC(C)=O)(C([C@H](OC)[C@H]23)[C@@H]14)[C@H]5[C@H]6OC(=O)c1ccc(OC)cc1. The number of hydrogen-bond donors (Lipinski definition) is 1. The van der Waals surface area contributed by atoms with Crippen molar-refractivity contribution in [3.8, 4) is 5.75 Å². The third kappa shape index (κ3) is 3.87. The van der Waals surface area contributed by atoms with Crippen LogP contribution in [0.4, 0.5) is 0 Å². The van der Waals surface area contributed by atoms with Crippen molar-refractivity contribution in [2.45, 2.75) is 81.2 Å². The summed E-state index contributed by atoms with van der Waals surface area (Å²) < 4.78 is 43.6. The molecule has 1 heterocycles. The zero-order valence-electron chi connectivity index (χ0n) is 28.0. The second-order valence-electron chi connectivity index (χ2n) is 14.6. The van der Waals surface area contributed by atoms with Gasteiger partial charge in [-0.05, 0) is 56.0 Å². The Balaban J connectivity index is 1.46. The van der Waals surface area contributed by atoms with Crippen LogP contribution in [0.1, 0.15) is 49.9 Å². The predicted molar refractivity (Wildman–Crippen MR) is 164 cm³/mol. The van der Waals surface area contributed by atoms with Gasteiger partial charge in [0.15, 0.2) is 0 Å². The predicted octanol–water partition coefficient (Wildman–Crippen LogP) is 2.72. The minimum atomic E-state index is -1.51. The summed E-state index contributed by atoms with van der Waals surface area (Å²) in [5, 5.41) is 12.8. The molecule has 1 aromatic rings. The summed E-state index contributed by atoms with van der Waals surface area (Å²) in [6.45, 7) is 5.80. The summed E-state index contributed by atoms with van der Waals surface area (Å²) in [6, 6.07) is 6.66. The van der Waals surface area contributed by atoms with Gasteiger partial charge in [0, 0.05) is 83.0 Å². The van der Waals surface area contributed by atoms with Crippen LogP contribution in [0.5, 0.6) is 5.75 Å². The van der Waals surface area contributed by atoms with Gasteiger partial charge in [0.2, 0.25) is 0 Å². The number of rotatable bonds is 10. The number of likely N-dealkylation sites (tertiary alicyclic amines) is 1. The van der Waals surface area contributed by atoms with Crippen LogP contribution < -0.4 is 4.74 Å². The van der Waals surface area contributed by atoms with Gasteiger partial charge in [-0.2, -0.15) is 0 Å². The van der Waals surface area contributed by atoms with Crippen molar-refractivity contribution >= 4 is 11.9 Å². The normalized spacial score (nSPS) is 46.6. The van der Waals surface area contributed by atoms with E-state index in [2.05, 4.69) is 11.8 Å². The fourth-order valence-corrected chi connectivity index (χ4v) is 12.4. The highest BCUT2D eigenvalue weighted by molar-refractivity contribution is 5.89. The molecule has 1 saturated heterocycles. The number of nitrogens with zero attached hydrogens (tertiary/aromatic N) is 1. The molecule has 1 spiro atoms. The molecule has 46 heavy (non-hydrogen) atoms. The number of carbonyl (C=O) groups excluding carboxylic acids is 2. The van der Waals surface area contributed by atoms with Gasteiger partial charge in [-0.25, -0.2) is 4.79 Å². The summed E-state index contributed by atoms with van der Waals surface area (Å²) in [5.74, 6) is -1.38. The van der Waals surface area contributed by atoms with Crippen LogP contribution in [0.25, 0.3) is 0 Å². The first-order valence-electron chi connectivity index (χ1n) is 16.6. The standard InChI is InChI=1S/C35H49NO10/c1-8-36-17-32(18-40-3)14-13-23(42-5)35-22-15-33(39)24(43-6)16-34(46-19(2)37,26(29(35)36)27(44-7)28(32)35)25(22)30(33)45-31(38)20-9-11-21(41-4)12-10-20/h9-12,22-30,39H,8,13-18H2,1-7H3/t22-,23+,24+,25-,26?,27+,28-,29-,30-,32+,33+,34-,35+/m1/s1. The van der Waals surface area contributed by atoms with Gasteiger partial charge < -0.3 is 38.3 Å². The first-order chi connectivity index (χ1) is 22.1. The summed E-state index contributed by atoms with van der Waals surface area (Å²) >= 11 is 0. The second kappa shape index (κ2) is 11.1. The molecule has 11 heteroatoms. The number of benzene rings is 1. The van der Waals surface area contributed by atoms with Gasteiger partial charge in [-0.1, -0.05) is 6.92 Å². The van der Waals surface area contributed by atoms with Gasteiger partial charge in [0.1, 0.15) is 23.1 Å². The van der Waals surface area contributed by atoms with E-state index in [0.717, 1.165) is 25.9 Å². The Morgan fingerprint density at radius 1 is 0.978 bits per heavy atom. The smallest absolute Gasteiger partial charge is 0.338 e. The lowest BCUT2D eigenvalue weighted by Crippen LogP contribution is -2.77. The van der Waals surface area contributed by atoms with E-state index >= 15 is 0 Å². The Labute approximate surface area is 271 Å². The lowest BCUT2D eigenvalue weighted by molar-refractivity contribution is -0.287. The Hall–Kier alpha value is -2.28. The Morgan fingerprint density at radius 3 is 2.28 bits per heavy atom. The number of carbonyl (C=O) groups is 2. The van der Waals surface area contributed by atoms with E-state index in [1.807, 2.05) is 0 Å². The van der Waals surface area contributed by atoms with E-state index in [1.165, 1.54) is 6.92 Å². The zero-order valence-corrected chi connectivity index (χ0v) is 28.0. The number of fused-ring (bicyclic) bond motifs is 2. The Bertz CT molecular complexity index is 1360. The van der Waals surface area contributed by atoms with Gasteiger partial charge in [0.05, 0.1) is 37.6 Å². The van der Waals surface area contributed by atoms with Crippen LogP contribution in [0.3, 0.4) is 0 Å². The number of piperidine rings is 1. The fraction of sp³-hybridized carbons (Fsp3) is 0.771. The average Bonchev–Trinajstić information content (AvgIpc) is 3.42. The van der Waals surface area contributed by atoms with Gasteiger partial charge >= 0.3 is 11.9 Å². The highest BCUT2D eigenvalue weighted by Gasteiger charge is 2.89. The number of hydrogen-bond acceptors (Lipinski definition) is 11. The molecule has 0 radical (unpaired) electrons. The molecule has 7 rings (SSSR count). The van der Waals surface area contributed by atoms with E-state index in [4.69, 9.17) is 33.2 Å². The second-order valence-corrected chi connectivity index (χ2v) is 14.6. The minimum Gasteiger partial charge on any atom is -0.497 e. The third-order valence-corrected chi connectivity index (χ3v) is 13.3. The van der Waals surface area contributed by atoms with Crippen LogP contribution in [-0.4, -0.2) is 119 Å². The lowest BCUT2D eigenvalue weighted by atomic mass is 9.43. The molecule has 1 aromatic carbocycles. The molecule has 0 amide bonds. The maximum Gasteiger partial charge on any atom is 0.338 e. The van der Waals surface area contributed by atoms with Crippen molar-refractivity contribution in [3.05, 3.63) is 29.8 Å². The summed E-state index contributed by atoms with van der Waals surface area (Å²) in [6.07, 6.45) is 0.142. The average molecular weight is 644 g/mol. The number of methoxy groups -OCH3 is 5. The monoisotopic (exact) mass is 643 g/mol. The van der Waals surface area contributed by atoms with Gasteiger partial charge in [-0.15, -0.1) is 0 Å². The molecule has 1 N–H and O–H groups in total. The van der Waals surface area contributed by atoms with Crippen molar-refractivity contribution in [1.82, 2.24) is 4.90 Å². The number of ether oxygens (including phenoxy) is 7. The summed E-state index contributed by atoms with van der Waals surface area (Å²) in [7, 11) is 8.44. The van der Waals surface area contributed by atoms with E-state index in [9.17, 15) is 14.7 Å². The maximum atomic E-state index is 13.9. The number of esters is 2. The van der Waals surface area contributed by atoms with Crippen LogP contribution in [0.2, 0.25) is 0 Å². The van der Waals surface area contributed by atoms with Crippen molar-refractivity contribution in [2.24, 2.45) is 34.5 Å². The Morgan fingerprint density at radius 2 is 1.70 bits per heavy atom. The van der Waals surface area contributed by atoms with Crippen LogP contribution in [-0.2, 0) is 33.2 Å². The highest BCUT2D eigenvalue weighted by Crippen LogP contribution is 2.80. The molecule has 6 fully saturated rings. The summed E-state index contributed by atoms with van der Waals surface area (Å²) in [5.41, 5.74) is -3.03. The maximum absolute atomic E-state index is 13.9. The molecular formula is C35H49NO10. The molecule has 6 aliphatic rings. The topological polar surface area (TPSA) is 122 Å². The summed E-state index contributed by atoms with van der Waals surface area (Å²) in [4.78, 5) is 29.7. The van der Waals surface area contributed by atoms with Crippen molar-refractivity contribution in [2.75, 3.05) is 55.2 Å². The zero-order chi connectivity index (χ0) is 32.8. The largest absolute Gasteiger partial charge is 0.497 e. The van der Waals surface area contributed by atoms with Crippen LogP contribution in [0.15, 0.2) is 24.3 Å². The molecule has 11 nitrogen and oxygen atoms in total. The van der Waals surface area contributed by atoms with Crippen molar-refractivity contribution < 1.29 is 47.9 Å². The van der Waals surface area contributed by atoms with E-state index in [-0.39, 0.29) is 47.8 Å². The van der Waals surface area contributed by atoms with Crippen LogP contribution >= 0.6 is 0 Å². The minimum absolute atomic E-state index is 0.00534. The van der Waals surface area contributed by atoms with E-state index in [1.54, 1.807) is 59.8 Å². The number of aliphatic hydroxyl groups is 1. The molecule has 13 atom stereocenters. The Kier molecular flexibility index (Phi) is 7.81. The van der Waals surface area contributed by atoms with Crippen molar-refractivity contribution in [3.63, 3.8) is 0 Å². The van der Waals surface area contributed by atoms with Crippen molar-refractivity contribution in [1.29, 1.82) is 0 Å². The molecule has 5 aliphatic carbocycles. The lowest BCUT2D eigenvalue weighted by Gasteiger charge is -2.69.